The Kier molecular flexibility index (Phi) is 4.54. The summed E-state index contributed by atoms with van der Waals surface area (Å²) in [5.41, 5.74) is 0.530. The normalized spacial score (nSPS) is 10.1. The molecule has 0 fully saturated rings. The largest absolute Gasteiger partial charge is 0.487 e. The molecule has 0 aromatic heterocycles. The molecule has 2 rings (SSSR count). The number of non-ortho nitro benzene ring substituents is 1. The van der Waals surface area contributed by atoms with Gasteiger partial charge in [-0.15, -0.1) is 0 Å². The van der Waals surface area contributed by atoms with Crippen molar-refractivity contribution in [3.8, 4) is 5.75 Å². The summed E-state index contributed by atoms with van der Waals surface area (Å²) in [7, 11) is 0. The lowest BCUT2D eigenvalue weighted by Gasteiger charge is -2.10. The summed E-state index contributed by atoms with van der Waals surface area (Å²) >= 11 is 3.24. The van der Waals surface area contributed by atoms with E-state index < -0.39 is 10.9 Å². The number of benzene rings is 2. The monoisotopic (exact) mass is 351 g/mol. The number of rotatable bonds is 5. The Morgan fingerprint density at radius 2 is 2.00 bits per heavy atom. The van der Waals surface area contributed by atoms with Crippen molar-refractivity contribution in [3.63, 3.8) is 0 Å². The molecule has 0 spiro atoms. The van der Waals surface area contributed by atoms with Crippen LogP contribution in [0.3, 0.4) is 0 Å². The number of carboxylic acids is 1. The fourth-order valence-corrected chi connectivity index (χ4v) is 2.09. The molecule has 108 valence electrons. The van der Waals surface area contributed by atoms with E-state index in [1.54, 1.807) is 18.2 Å². The number of carbonyl (C=O) groups is 1. The van der Waals surface area contributed by atoms with Crippen LogP contribution < -0.4 is 4.74 Å². The molecule has 0 atom stereocenters. The van der Waals surface area contributed by atoms with E-state index in [1.807, 2.05) is 0 Å². The fourth-order valence-electron chi connectivity index (χ4n) is 1.73. The first-order valence-electron chi connectivity index (χ1n) is 5.87. The Labute approximate surface area is 128 Å². The van der Waals surface area contributed by atoms with Gasteiger partial charge in [0.1, 0.15) is 12.4 Å². The quantitative estimate of drug-likeness (QED) is 0.656. The molecule has 7 heteroatoms. The first-order chi connectivity index (χ1) is 9.99. The zero-order valence-electron chi connectivity index (χ0n) is 10.7. The van der Waals surface area contributed by atoms with Crippen molar-refractivity contribution < 1.29 is 19.6 Å². The molecular weight excluding hydrogens is 342 g/mol. The van der Waals surface area contributed by atoms with Crippen LogP contribution in [0.1, 0.15) is 15.9 Å². The second-order valence-corrected chi connectivity index (χ2v) is 4.98. The van der Waals surface area contributed by atoms with Crippen molar-refractivity contribution >= 4 is 27.6 Å². The highest BCUT2D eigenvalue weighted by Gasteiger charge is 2.13. The molecular formula is C14H10BrNO5. The molecule has 2 aromatic rings. The third kappa shape index (κ3) is 3.57. The van der Waals surface area contributed by atoms with E-state index in [-0.39, 0.29) is 23.6 Å². The molecule has 0 amide bonds. The number of nitro benzene ring substituents is 1. The summed E-state index contributed by atoms with van der Waals surface area (Å²) < 4.78 is 6.05. The predicted molar refractivity (Wildman–Crippen MR) is 78.5 cm³/mol. The smallest absolute Gasteiger partial charge is 0.336 e. The van der Waals surface area contributed by atoms with Crippen LogP contribution in [-0.4, -0.2) is 16.0 Å². The molecule has 0 aliphatic heterocycles. The summed E-state index contributed by atoms with van der Waals surface area (Å²) in [6.07, 6.45) is 0. The van der Waals surface area contributed by atoms with Gasteiger partial charge in [0, 0.05) is 11.6 Å². The van der Waals surface area contributed by atoms with E-state index in [0.717, 1.165) is 0 Å². The van der Waals surface area contributed by atoms with Gasteiger partial charge in [0.05, 0.1) is 21.0 Å². The Hall–Kier alpha value is -2.41. The third-order valence-electron chi connectivity index (χ3n) is 2.76. The van der Waals surface area contributed by atoms with Gasteiger partial charge in [-0.05, 0) is 28.1 Å². The van der Waals surface area contributed by atoms with Gasteiger partial charge in [0.25, 0.3) is 5.69 Å². The van der Waals surface area contributed by atoms with Gasteiger partial charge in [-0.1, -0.05) is 18.2 Å². The maximum atomic E-state index is 11.1. The van der Waals surface area contributed by atoms with Crippen LogP contribution in [-0.2, 0) is 6.61 Å². The third-order valence-corrected chi connectivity index (χ3v) is 3.41. The molecule has 0 aliphatic carbocycles. The highest BCUT2D eigenvalue weighted by atomic mass is 79.9. The van der Waals surface area contributed by atoms with Gasteiger partial charge in [-0.3, -0.25) is 10.1 Å². The van der Waals surface area contributed by atoms with E-state index in [4.69, 9.17) is 9.84 Å². The SMILES string of the molecule is O=C(O)c1ccccc1COc1cc([N+](=O)[O-])ccc1Br. The van der Waals surface area contributed by atoms with Crippen LogP contribution in [0.4, 0.5) is 5.69 Å². The van der Waals surface area contributed by atoms with Gasteiger partial charge in [0.15, 0.2) is 0 Å². The topological polar surface area (TPSA) is 89.7 Å². The minimum atomic E-state index is -1.05. The average Bonchev–Trinajstić information content (AvgIpc) is 2.46. The Morgan fingerprint density at radius 3 is 2.67 bits per heavy atom. The molecule has 0 saturated heterocycles. The van der Waals surface area contributed by atoms with Gasteiger partial charge in [-0.2, -0.15) is 0 Å². The maximum absolute atomic E-state index is 11.1. The van der Waals surface area contributed by atoms with Gasteiger partial charge in [-0.25, -0.2) is 4.79 Å². The lowest BCUT2D eigenvalue weighted by molar-refractivity contribution is -0.385. The van der Waals surface area contributed by atoms with Crippen molar-refractivity contribution in [2.24, 2.45) is 0 Å². The number of carboxylic acid groups (broad SMARTS) is 1. The van der Waals surface area contributed by atoms with Crippen LogP contribution >= 0.6 is 15.9 Å². The zero-order valence-corrected chi connectivity index (χ0v) is 12.2. The highest BCUT2D eigenvalue weighted by molar-refractivity contribution is 9.10. The molecule has 2 aromatic carbocycles. The number of halogens is 1. The van der Waals surface area contributed by atoms with Crippen LogP contribution in [0.15, 0.2) is 46.9 Å². The Balaban J connectivity index is 2.22. The van der Waals surface area contributed by atoms with Crippen LogP contribution in [0.2, 0.25) is 0 Å². The molecule has 21 heavy (non-hydrogen) atoms. The number of nitro groups is 1. The molecule has 0 radical (unpaired) electrons. The van der Waals surface area contributed by atoms with Crippen LogP contribution in [0.25, 0.3) is 0 Å². The minimum Gasteiger partial charge on any atom is -0.487 e. The van der Waals surface area contributed by atoms with E-state index in [1.165, 1.54) is 24.3 Å². The standard InChI is InChI=1S/C14H10BrNO5/c15-12-6-5-10(16(19)20)7-13(12)21-8-9-3-1-2-4-11(9)14(17)18/h1-7H,8H2,(H,17,18). The summed E-state index contributed by atoms with van der Waals surface area (Å²) in [4.78, 5) is 21.3. The Morgan fingerprint density at radius 1 is 1.29 bits per heavy atom. The first kappa shape index (κ1) is 15.0. The van der Waals surface area contributed by atoms with E-state index in [0.29, 0.717) is 10.0 Å². The first-order valence-corrected chi connectivity index (χ1v) is 6.66. The fraction of sp³-hybridized carbons (Fsp3) is 0.0714. The summed E-state index contributed by atoms with van der Waals surface area (Å²) in [6, 6.07) is 10.6. The second-order valence-electron chi connectivity index (χ2n) is 4.12. The molecule has 0 aliphatic rings. The van der Waals surface area contributed by atoms with Crippen molar-refractivity contribution in [2.75, 3.05) is 0 Å². The lowest BCUT2D eigenvalue weighted by Crippen LogP contribution is -2.05. The van der Waals surface area contributed by atoms with Crippen LogP contribution in [0, 0.1) is 10.1 Å². The van der Waals surface area contributed by atoms with Crippen molar-refractivity contribution in [1.82, 2.24) is 0 Å². The summed E-state index contributed by atoms with van der Waals surface area (Å²) in [5.74, 6) is -0.767. The van der Waals surface area contributed by atoms with E-state index in [2.05, 4.69) is 15.9 Å². The molecule has 0 heterocycles. The molecule has 6 nitrogen and oxygen atoms in total. The zero-order chi connectivity index (χ0) is 15.4. The number of ether oxygens (including phenoxy) is 1. The van der Waals surface area contributed by atoms with Gasteiger partial charge in [0.2, 0.25) is 0 Å². The Bertz CT molecular complexity index is 702. The number of aromatic carboxylic acids is 1. The number of nitrogens with zero attached hydrogens (tertiary/aromatic N) is 1. The van der Waals surface area contributed by atoms with Gasteiger partial charge < -0.3 is 9.84 Å². The van der Waals surface area contributed by atoms with E-state index in [9.17, 15) is 14.9 Å². The molecule has 0 unspecified atom stereocenters. The molecule has 0 saturated carbocycles. The molecule has 0 bridgehead atoms. The molecule has 1 N–H and O–H groups in total. The second kappa shape index (κ2) is 6.36. The minimum absolute atomic E-state index is 0.00222. The van der Waals surface area contributed by atoms with Crippen molar-refractivity contribution in [2.45, 2.75) is 6.61 Å². The van der Waals surface area contributed by atoms with Crippen molar-refractivity contribution in [1.29, 1.82) is 0 Å². The predicted octanol–water partition coefficient (Wildman–Crippen LogP) is 3.63. The summed E-state index contributed by atoms with van der Waals surface area (Å²) in [6.45, 7) is 0.00222. The number of hydrogen-bond acceptors (Lipinski definition) is 4. The maximum Gasteiger partial charge on any atom is 0.336 e. The highest BCUT2D eigenvalue weighted by Crippen LogP contribution is 2.30. The van der Waals surface area contributed by atoms with Gasteiger partial charge >= 0.3 is 5.97 Å². The van der Waals surface area contributed by atoms with Crippen LogP contribution in [0.5, 0.6) is 5.75 Å². The van der Waals surface area contributed by atoms with E-state index >= 15 is 0 Å². The summed E-state index contributed by atoms with van der Waals surface area (Å²) in [5, 5.41) is 19.8. The lowest BCUT2D eigenvalue weighted by atomic mass is 10.1. The number of hydrogen-bond donors (Lipinski definition) is 1. The van der Waals surface area contributed by atoms with Crippen molar-refractivity contribution in [3.05, 3.63) is 68.2 Å². The average molecular weight is 352 g/mol.